The van der Waals surface area contributed by atoms with E-state index >= 15 is 19.2 Å². The Hall–Kier alpha value is -8.56. The van der Waals surface area contributed by atoms with Crippen molar-refractivity contribution in [1.82, 2.24) is 9.80 Å². The monoisotopic (exact) mass is 1010 g/mol. The molecule has 2 N–H and O–H groups in total. The predicted octanol–water partition coefficient (Wildman–Crippen LogP) is 7.30. The van der Waals surface area contributed by atoms with Crippen molar-refractivity contribution in [2.24, 2.45) is 5.92 Å². The van der Waals surface area contributed by atoms with E-state index in [9.17, 15) is 20.3 Å². The number of carbonyl (C=O) groups excluding carboxylic acids is 4. The van der Waals surface area contributed by atoms with Crippen molar-refractivity contribution >= 4 is 35.3 Å². The van der Waals surface area contributed by atoms with Gasteiger partial charge >= 0.3 is 12.1 Å². The van der Waals surface area contributed by atoms with Crippen LogP contribution in [0.2, 0.25) is 0 Å². The molecule has 0 saturated carbocycles. The molecule has 4 heterocycles. The molecule has 0 aromatic heterocycles. The third-order valence-corrected chi connectivity index (χ3v) is 14.5. The molecule has 75 heavy (non-hydrogen) atoms. The summed E-state index contributed by atoms with van der Waals surface area (Å²) in [6.45, 7) is -0.928. The Balaban J connectivity index is 1.25. The van der Waals surface area contributed by atoms with Crippen molar-refractivity contribution < 1.29 is 58.0 Å². The largest absolute Gasteiger partial charge is 0.493 e. The van der Waals surface area contributed by atoms with E-state index in [-0.39, 0.29) is 62.0 Å². The van der Waals surface area contributed by atoms with Gasteiger partial charge in [-0.15, -0.1) is 0 Å². The number of aliphatic hydroxyl groups is 2. The number of esters is 1. The van der Waals surface area contributed by atoms with E-state index in [0.717, 1.165) is 16.0 Å². The zero-order valence-corrected chi connectivity index (χ0v) is 41.0. The lowest BCUT2D eigenvalue weighted by Crippen LogP contribution is -2.57. The van der Waals surface area contributed by atoms with E-state index in [1.807, 2.05) is 77.7 Å². The van der Waals surface area contributed by atoms with E-state index in [1.165, 1.54) is 31.4 Å². The summed E-state index contributed by atoms with van der Waals surface area (Å²) in [6, 6.07) is 35.7. The van der Waals surface area contributed by atoms with Gasteiger partial charge in [-0.25, -0.2) is 9.69 Å². The van der Waals surface area contributed by atoms with Crippen LogP contribution < -0.4 is 19.1 Å². The van der Waals surface area contributed by atoms with Gasteiger partial charge in [-0.1, -0.05) is 90.7 Å². The van der Waals surface area contributed by atoms with Gasteiger partial charge in [-0.3, -0.25) is 29.4 Å². The molecule has 10 rings (SSSR count). The molecule has 0 aliphatic carbocycles. The highest BCUT2D eigenvalue weighted by Crippen LogP contribution is 2.67. The first kappa shape index (κ1) is 50.0. The number of benzene rings is 6. The van der Waals surface area contributed by atoms with Gasteiger partial charge in [0.05, 0.1) is 56.0 Å². The minimum absolute atomic E-state index is 0.0488. The molecule has 0 bridgehead atoms. The number of hydrogen-bond acceptors (Lipinski definition) is 14. The standard InChI is InChI=1S/C58H52N4O13/c1-71-47-32-40-26-27-59(34-41(40)33-48(47)72-2)54(65)49-51-55(66)75-52(39-16-7-4-8-17-39)50(38-14-5-3-6-15-38)61(51)53(43-18-9-10-19-46(43)73-30-29-64)58(49)44-31-36(13-11-12-28-63)22-25-45(44)60(56(58)67)57(68)74-35-37-20-23-42(24-21-37)62(69)70/h3-10,14-25,31-33,49-53,63-64H,12,26-30,34-35H2,1-2H3/t49-,50-,51-,52+,53+,58-/m0/s1. The number of carbonyl (C=O) groups is 4. The molecule has 0 unspecified atom stereocenters. The Morgan fingerprint density at radius 2 is 1.48 bits per heavy atom. The number of cyclic esters (lactones) is 1. The van der Waals surface area contributed by atoms with E-state index in [2.05, 4.69) is 11.8 Å². The van der Waals surface area contributed by atoms with Gasteiger partial charge in [0.1, 0.15) is 36.5 Å². The van der Waals surface area contributed by atoms with Gasteiger partial charge < -0.3 is 38.8 Å². The van der Waals surface area contributed by atoms with Crippen LogP contribution in [-0.4, -0.2) is 95.4 Å². The summed E-state index contributed by atoms with van der Waals surface area (Å²) >= 11 is 0. The summed E-state index contributed by atoms with van der Waals surface area (Å²) in [5.74, 6) is 3.35. The number of hydrogen-bond donors (Lipinski definition) is 2. The average molecular weight is 1010 g/mol. The normalized spacial score (nSPS) is 21.5. The van der Waals surface area contributed by atoms with E-state index < -0.39 is 71.0 Å². The molecule has 1 spiro atoms. The van der Waals surface area contributed by atoms with Crippen LogP contribution in [0.5, 0.6) is 17.2 Å². The maximum absolute atomic E-state index is 16.9. The van der Waals surface area contributed by atoms with Crippen molar-refractivity contribution in [2.75, 3.05) is 45.5 Å². The first-order chi connectivity index (χ1) is 36.5. The number of para-hydroxylation sites is 1. The van der Waals surface area contributed by atoms with Crippen LogP contribution in [0.15, 0.2) is 140 Å². The summed E-state index contributed by atoms with van der Waals surface area (Å²) in [5, 5.41) is 31.4. The molecular formula is C58H52N4O13. The van der Waals surface area contributed by atoms with Crippen molar-refractivity contribution in [2.45, 2.75) is 55.6 Å². The van der Waals surface area contributed by atoms with Crippen LogP contribution >= 0.6 is 0 Å². The first-order valence-electron chi connectivity index (χ1n) is 24.5. The number of methoxy groups -OCH3 is 2. The molecule has 6 atom stereocenters. The van der Waals surface area contributed by atoms with Crippen LogP contribution in [0, 0.1) is 27.9 Å². The number of fused-ring (bicyclic) bond motifs is 4. The number of amides is 3. The summed E-state index contributed by atoms with van der Waals surface area (Å²) in [6.07, 6.45) is -1.63. The minimum Gasteiger partial charge on any atom is -0.493 e. The Kier molecular flexibility index (Phi) is 14.1. The third-order valence-electron chi connectivity index (χ3n) is 14.5. The van der Waals surface area contributed by atoms with Gasteiger partial charge in [0.15, 0.2) is 11.5 Å². The van der Waals surface area contributed by atoms with Crippen LogP contribution in [-0.2, 0) is 48.8 Å². The number of rotatable bonds is 13. The second-order valence-electron chi connectivity index (χ2n) is 18.5. The number of nitrogens with zero attached hydrogens (tertiary/aromatic N) is 4. The van der Waals surface area contributed by atoms with Crippen LogP contribution in [0.1, 0.15) is 69.1 Å². The molecule has 6 aromatic rings. The SMILES string of the molecule is COc1cc2c(cc1OC)CN(C(=O)[C@@H]1[C@H]3C(=O)O[C@H](c4ccccc4)[C@H](c4ccccc4)N3[C@H](c3ccccc3OCCO)[C@@]13C(=O)N(C(=O)OCc1ccc([N+](=O)[O-])cc1)c1ccc(C#CCCO)cc13)CC2. The average Bonchev–Trinajstić information content (AvgIpc) is 4.04. The highest BCUT2D eigenvalue weighted by atomic mass is 16.6. The fraction of sp³-hybridized carbons (Fsp3) is 0.276. The lowest BCUT2D eigenvalue weighted by atomic mass is 9.64. The zero-order valence-electron chi connectivity index (χ0n) is 41.0. The number of imide groups is 1. The highest BCUT2D eigenvalue weighted by Gasteiger charge is 2.76. The molecular weight excluding hydrogens is 961 g/mol. The maximum Gasteiger partial charge on any atom is 0.421 e. The quantitative estimate of drug-likeness (QED) is 0.0504. The summed E-state index contributed by atoms with van der Waals surface area (Å²) < 4.78 is 30.2. The van der Waals surface area contributed by atoms with Gasteiger partial charge in [0.2, 0.25) is 11.8 Å². The van der Waals surface area contributed by atoms with Crippen molar-refractivity contribution in [3.8, 4) is 29.1 Å². The second-order valence-corrected chi connectivity index (χ2v) is 18.5. The van der Waals surface area contributed by atoms with Gasteiger partial charge in [-0.2, -0.15) is 0 Å². The third kappa shape index (κ3) is 8.86. The molecule has 6 aromatic carbocycles. The Morgan fingerprint density at radius 1 is 0.800 bits per heavy atom. The first-order valence-corrected chi connectivity index (χ1v) is 24.5. The number of ether oxygens (including phenoxy) is 5. The van der Waals surface area contributed by atoms with E-state index in [4.69, 9.17) is 23.7 Å². The summed E-state index contributed by atoms with van der Waals surface area (Å²) in [5.41, 5.74) is 2.00. The molecule has 17 heteroatoms. The van der Waals surface area contributed by atoms with Crippen molar-refractivity contribution in [1.29, 1.82) is 0 Å². The topological polar surface area (TPSA) is 208 Å². The second kappa shape index (κ2) is 21.1. The molecule has 4 aliphatic heterocycles. The number of nitro benzene ring substituents is 1. The number of nitro groups is 1. The Bertz CT molecular complexity index is 3230. The molecule has 4 aliphatic rings. The summed E-state index contributed by atoms with van der Waals surface area (Å²) in [7, 11) is 3.06. The molecule has 17 nitrogen and oxygen atoms in total. The van der Waals surface area contributed by atoms with Gasteiger partial charge in [0.25, 0.3) is 5.69 Å². The maximum atomic E-state index is 16.9. The molecule has 0 radical (unpaired) electrons. The molecule has 3 amide bonds. The van der Waals surface area contributed by atoms with Gasteiger partial charge in [-0.05, 0) is 88.3 Å². The summed E-state index contributed by atoms with van der Waals surface area (Å²) in [4.78, 5) is 79.5. The number of non-ortho nitro benzene ring substituents is 1. The van der Waals surface area contributed by atoms with E-state index in [1.54, 1.807) is 54.5 Å². The number of morpholine rings is 1. The fourth-order valence-corrected chi connectivity index (χ4v) is 11.3. The number of aliphatic hydroxyl groups excluding tert-OH is 2. The lowest BCUT2D eigenvalue weighted by molar-refractivity contribution is -0.384. The Morgan fingerprint density at radius 3 is 2.16 bits per heavy atom. The van der Waals surface area contributed by atoms with Crippen molar-refractivity contribution in [3.05, 3.63) is 194 Å². The fourth-order valence-electron chi connectivity index (χ4n) is 11.3. The molecule has 382 valence electrons. The van der Waals surface area contributed by atoms with Crippen LogP contribution in [0.25, 0.3) is 0 Å². The smallest absolute Gasteiger partial charge is 0.421 e. The van der Waals surface area contributed by atoms with E-state index in [0.29, 0.717) is 45.7 Å². The number of anilines is 1. The van der Waals surface area contributed by atoms with Crippen molar-refractivity contribution in [3.63, 3.8) is 0 Å². The van der Waals surface area contributed by atoms with Crippen LogP contribution in [0.4, 0.5) is 16.2 Å². The molecule has 2 saturated heterocycles. The van der Waals surface area contributed by atoms with Gasteiger partial charge in [0, 0.05) is 42.8 Å². The lowest BCUT2D eigenvalue weighted by Gasteiger charge is -2.46. The predicted molar refractivity (Wildman–Crippen MR) is 271 cm³/mol. The molecule has 2 fully saturated rings. The van der Waals surface area contributed by atoms with Crippen LogP contribution in [0.3, 0.4) is 0 Å². The Labute approximate surface area is 431 Å². The highest BCUT2D eigenvalue weighted by molar-refractivity contribution is 6.23. The zero-order chi connectivity index (χ0) is 52.4. The minimum atomic E-state index is -2.20.